The highest BCUT2D eigenvalue weighted by atomic mass is 16.2. The number of carbonyl (C=O) groups is 4. The summed E-state index contributed by atoms with van der Waals surface area (Å²) < 4.78 is 0. The summed E-state index contributed by atoms with van der Waals surface area (Å²) in [5, 5.41) is 2.67. The average Bonchev–Trinajstić information content (AvgIpc) is 3.01. The van der Waals surface area contributed by atoms with Crippen LogP contribution in [0.1, 0.15) is 46.6 Å². The number of nitrogens with zero attached hydrogens (tertiary/aromatic N) is 2. The van der Waals surface area contributed by atoms with Gasteiger partial charge >= 0.3 is 0 Å². The summed E-state index contributed by atoms with van der Waals surface area (Å²) in [5.74, 6) is -1.27. The standard InChI is InChI=1S/C27H31N3O4/c1-17(31)28-19-11-13-20(14-12-19)30-22(32)15-21(24(30)33)29(16-18-9-7-6-8-10-18)25(34)23-26(2,3)27(23,4)5/h6-14,21,23H,15-16H2,1-5H3,(H,28,31). The molecule has 4 rings (SSSR count). The van der Waals surface area contributed by atoms with Crippen LogP contribution in [0.25, 0.3) is 0 Å². The van der Waals surface area contributed by atoms with Crippen LogP contribution in [0.3, 0.4) is 0 Å². The molecular formula is C27H31N3O4. The fourth-order valence-corrected chi connectivity index (χ4v) is 5.13. The third-order valence-electron chi connectivity index (χ3n) is 7.69. The van der Waals surface area contributed by atoms with Crippen molar-refractivity contribution in [1.29, 1.82) is 0 Å². The predicted molar refractivity (Wildman–Crippen MR) is 130 cm³/mol. The van der Waals surface area contributed by atoms with Crippen molar-refractivity contribution >= 4 is 35.0 Å². The van der Waals surface area contributed by atoms with Crippen molar-refractivity contribution in [3.8, 4) is 0 Å². The van der Waals surface area contributed by atoms with E-state index in [-0.39, 0.29) is 47.4 Å². The third-order valence-corrected chi connectivity index (χ3v) is 7.69. The molecule has 1 aliphatic heterocycles. The summed E-state index contributed by atoms with van der Waals surface area (Å²) in [6.45, 7) is 9.96. The summed E-state index contributed by atoms with van der Waals surface area (Å²) >= 11 is 0. The van der Waals surface area contributed by atoms with Gasteiger partial charge in [-0.15, -0.1) is 0 Å². The van der Waals surface area contributed by atoms with E-state index in [4.69, 9.17) is 0 Å². The fourth-order valence-electron chi connectivity index (χ4n) is 5.13. The molecule has 1 saturated heterocycles. The Balaban J connectivity index is 1.63. The van der Waals surface area contributed by atoms with Crippen LogP contribution in [0, 0.1) is 16.7 Å². The molecule has 2 fully saturated rings. The first-order chi connectivity index (χ1) is 15.9. The molecule has 2 aromatic rings. The number of imide groups is 1. The Bertz CT molecular complexity index is 1120. The monoisotopic (exact) mass is 461 g/mol. The minimum atomic E-state index is -0.859. The smallest absolute Gasteiger partial charge is 0.257 e. The molecule has 34 heavy (non-hydrogen) atoms. The van der Waals surface area contributed by atoms with Crippen LogP contribution in [0.5, 0.6) is 0 Å². The molecular weight excluding hydrogens is 430 g/mol. The molecule has 0 aromatic heterocycles. The lowest BCUT2D eigenvalue weighted by molar-refractivity contribution is -0.141. The zero-order valence-corrected chi connectivity index (χ0v) is 20.3. The van der Waals surface area contributed by atoms with Gasteiger partial charge in [-0.05, 0) is 40.7 Å². The molecule has 0 bridgehead atoms. The molecule has 1 N–H and O–H groups in total. The molecule has 2 aliphatic rings. The molecule has 1 atom stereocenters. The van der Waals surface area contributed by atoms with Gasteiger partial charge in [-0.2, -0.15) is 0 Å². The van der Waals surface area contributed by atoms with Crippen LogP contribution < -0.4 is 10.2 Å². The van der Waals surface area contributed by atoms with E-state index in [2.05, 4.69) is 33.0 Å². The molecule has 7 heteroatoms. The van der Waals surface area contributed by atoms with Gasteiger partial charge < -0.3 is 10.2 Å². The molecule has 0 radical (unpaired) electrons. The SMILES string of the molecule is CC(=O)Nc1ccc(N2C(=O)CC(N(Cc3ccccc3)C(=O)C3C(C)(C)C3(C)C)C2=O)cc1. The van der Waals surface area contributed by atoms with Crippen molar-refractivity contribution in [3.63, 3.8) is 0 Å². The Hall–Kier alpha value is -3.48. The highest BCUT2D eigenvalue weighted by Gasteiger charge is 2.69. The lowest BCUT2D eigenvalue weighted by atomic mass is 10.0. The fraction of sp³-hybridized carbons (Fsp3) is 0.407. The number of hydrogen-bond donors (Lipinski definition) is 1. The predicted octanol–water partition coefficient (Wildman–Crippen LogP) is 3.99. The molecule has 0 spiro atoms. The van der Waals surface area contributed by atoms with Crippen LogP contribution in [-0.2, 0) is 25.7 Å². The van der Waals surface area contributed by atoms with Crippen LogP contribution in [0.4, 0.5) is 11.4 Å². The second-order valence-electron chi connectivity index (χ2n) is 10.3. The highest BCUT2D eigenvalue weighted by Crippen LogP contribution is 2.69. The van der Waals surface area contributed by atoms with Crippen molar-refractivity contribution in [1.82, 2.24) is 4.90 Å². The molecule has 178 valence electrons. The maximum Gasteiger partial charge on any atom is 0.257 e. The van der Waals surface area contributed by atoms with Gasteiger partial charge in [-0.3, -0.25) is 19.2 Å². The highest BCUT2D eigenvalue weighted by molar-refractivity contribution is 6.23. The Morgan fingerprint density at radius 1 is 0.971 bits per heavy atom. The van der Waals surface area contributed by atoms with Gasteiger partial charge in [0.25, 0.3) is 5.91 Å². The first kappa shape index (κ1) is 23.7. The average molecular weight is 462 g/mol. The van der Waals surface area contributed by atoms with Crippen molar-refractivity contribution in [3.05, 3.63) is 60.2 Å². The molecule has 1 saturated carbocycles. The molecule has 7 nitrogen and oxygen atoms in total. The van der Waals surface area contributed by atoms with Crippen molar-refractivity contribution in [2.45, 2.75) is 53.6 Å². The van der Waals surface area contributed by atoms with Crippen LogP contribution >= 0.6 is 0 Å². The second kappa shape index (κ2) is 8.38. The Kier molecular flexibility index (Phi) is 5.84. The summed E-state index contributed by atoms with van der Waals surface area (Å²) in [6.07, 6.45) is -0.0571. The van der Waals surface area contributed by atoms with Crippen molar-refractivity contribution in [2.24, 2.45) is 16.7 Å². The van der Waals surface area contributed by atoms with Gasteiger partial charge in [0.15, 0.2) is 0 Å². The first-order valence-corrected chi connectivity index (χ1v) is 11.5. The number of rotatable bonds is 6. The molecule has 4 amide bonds. The first-order valence-electron chi connectivity index (χ1n) is 11.5. The largest absolute Gasteiger partial charge is 0.326 e. The summed E-state index contributed by atoms with van der Waals surface area (Å²) in [6, 6.07) is 15.2. The zero-order chi connectivity index (χ0) is 24.8. The number of amides is 4. The Labute approximate surface area is 200 Å². The number of nitrogens with one attached hydrogen (secondary N) is 1. The van der Waals surface area contributed by atoms with Gasteiger partial charge in [0.1, 0.15) is 6.04 Å². The number of anilines is 2. The molecule has 2 aromatic carbocycles. The van der Waals surface area contributed by atoms with E-state index in [1.807, 2.05) is 30.3 Å². The number of benzene rings is 2. The maximum absolute atomic E-state index is 13.8. The van der Waals surface area contributed by atoms with Crippen LogP contribution in [-0.4, -0.2) is 34.6 Å². The number of hydrogen-bond acceptors (Lipinski definition) is 4. The minimum absolute atomic E-state index is 0.0571. The molecule has 1 aliphatic carbocycles. The summed E-state index contributed by atoms with van der Waals surface area (Å²) in [7, 11) is 0. The van der Waals surface area contributed by atoms with E-state index in [0.29, 0.717) is 11.4 Å². The lowest BCUT2D eigenvalue weighted by Gasteiger charge is -2.29. The van der Waals surface area contributed by atoms with Gasteiger partial charge in [-0.1, -0.05) is 58.0 Å². The van der Waals surface area contributed by atoms with Gasteiger partial charge in [0.2, 0.25) is 17.7 Å². The topological polar surface area (TPSA) is 86.8 Å². The van der Waals surface area contributed by atoms with E-state index < -0.39 is 11.9 Å². The summed E-state index contributed by atoms with van der Waals surface area (Å²) in [5.41, 5.74) is 1.52. The quantitative estimate of drug-likeness (QED) is 0.659. The zero-order valence-electron chi connectivity index (χ0n) is 20.3. The van der Waals surface area contributed by atoms with Crippen LogP contribution in [0.15, 0.2) is 54.6 Å². The van der Waals surface area contributed by atoms with Crippen molar-refractivity contribution in [2.75, 3.05) is 10.2 Å². The maximum atomic E-state index is 13.8. The van der Waals surface area contributed by atoms with E-state index >= 15 is 0 Å². The van der Waals surface area contributed by atoms with Crippen LogP contribution in [0.2, 0.25) is 0 Å². The number of carbonyl (C=O) groups excluding carboxylic acids is 4. The Morgan fingerprint density at radius 2 is 1.56 bits per heavy atom. The van der Waals surface area contributed by atoms with Gasteiger partial charge in [0, 0.05) is 25.1 Å². The molecule has 1 unspecified atom stereocenters. The van der Waals surface area contributed by atoms with E-state index in [1.165, 1.54) is 6.92 Å². The second-order valence-corrected chi connectivity index (χ2v) is 10.3. The van der Waals surface area contributed by atoms with E-state index in [0.717, 1.165) is 10.5 Å². The third kappa shape index (κ3) is 4.00. The summed E-state index contributed by atoms with van der Waals surface area (Å²) in [4.78, 5) is 54.3. The van der Waals surface area contributed by atoms with Gasteiger partial charge in [0.05, 0.1) is 12.1 Å². The van der Waals surface area contributed by atoms with Gasteiger partial charge in [-0.25, -0.2) is 4.90 Å². The van der Waals surface area contributed by atoms with Crippen molar-refractivity contribution < 1.29 is 19.2 Å². The Morgan fingerprint density at radius 3 is 2.09 bits per heavy atom. The van der Waals surface area contributed by atoms with E-state index in [1.54, 1.807) is 29.2 Å². The van der Waals surface area contributed by atoms with E-state index in [9.17, 15) is 19.2 Å². The normalized spacial score (nSPS) is 20.9. The minimum Gasteiger partial charge on any atom is -0.326 e. The lowest BCUT2D eigenvalue weighted by Crippen LogP contribution is -2.46. The molecule has 1 heterocycles.